The minimum Gasteiger partial charge on any atom is -0.468 e. The van der Waals surface area contributed by atoms with Gasteiger partial charge in [-0.2, -0.15) is 0 Å². The number of halogens is 1. The number of hydrogen-bond donors (Lipinski definition) is 1. The lowest BCUT2D eigenvalue weighted by atomic mass is 10.1. The lowest BCUT2D eigenvalue weighted by molar-refractivity contribution is -0.117. The lowest BCUT2D eigenvalue weighted by Gasteiger charge is -2.19. The maximum atomic E-state index is 13.1. The maximum absolute atomic E-state index is 13.1. The summed E-state index contributed by atoms with van der Waals surface area (Å²) in [6.07, 6.45) is 3.24. The third kappa shape index (κ3) is 6.60. The summed E-state index contributed by atoms with van der Waals surface area (Å²) in [5.41, 5.74) is 2.77. The summed E-state index contributed by atoms with van der Waals surface area (Å²) in [6, 6.07) is 19.7. The van der Waals surface area contributed by atoms with Crippen molar-refractivity contribution in [1.29, 1.82) is 0 Å². The number of carbonyl (C=O) groups is 1. The molecular formula is C25H24FN3O2S. The number of benzene rings is 2. The Labute approximate surface area is 190 Å². The average molecular weight is 450 g/mol. The molecule has 0 saturated heterocycles. The van der Waals surface area contributed by atoms with E-state index in [1.807, 2.05) is 52.7 Å². The van der Waals surface area contributed by atoms with Crippen LogP contribution in [-0.4, -0.2) is 22.3 Å². The van der Waals surface area contributed by atoms with Crippen molar-refractivity contribution >= 4 is 22.9 Å². The molecule has 2 aromatic carbocycles. The minimum absolute atomic E-state index is 0.0884. The van der Waals surface area contributed by atoms with Gasteiger partial charge >= 0.3 is 0 Å². The van der Waals surface area contributed by atoms with Gasteiger partial charge in [-0.1, -0.05) is 30.3 Å². The second kappa shape index (κ2) is 10.8. The number of aryl methyl sites for hydroxylation is 2. The van der Waals surface area contributed by atoms with Crippen molar-refractivity contribution in [3.05, 3.63) is 106 Å². The summed E-state index contributed by atoms with van der Waals surface area (Å²) in [5.74, 6) is 0.483. The van der Waals surface area contributed by atoms with Gasteiger partial charge in [0.1, 0.15) is 11.6 Å². The van der Waals surface area contributed by atoms with Crippen LogP contribution in [-0.2, 0) is 30.7 Å². The molecule has 0 aliphatic heterocycles. The molecule has 0 atom stereocenters. The van der Waals surface area contributed by atoms with Gasteiger partial charge in [-0.05, 0) is 48.4 Å². The van der Waals surface area contributed by atoms with Crippen LogP contribution >= 0.6 is 11.3 Å². The Morgan fingerprint density at radius 1 is 1.00 bits per heavy atom. The zero-order valence-electron chi connectivity index (χ0n) is 17.5. The predicted octanol–water partition coefficient (Wildman–Crippen LogP) is 5.30. The van der Waals surface area contributed by atoms with E-state index < -0.39 is 0 Å². The molecule has 164 valence electrons. The standard InChI is InChI=1S/C25H24FN3O2S/c26-20-11-8-19(9-12-20)10-13-25-28-22(18-32-25)15-29(16-23-7-4-14-31-23)17-24(30)27-21-5-2-1-3-6-21/h1-9,11-12,14,18H,10,13,15-17H2,(H,27,30). The van der Waals surface area contributed by atoms with Crippen molar-refractivity contribution in [1.82, 2.24) is 9.88 Å². The third-order valence-corrected chi connectivity index (χ3v) is 5.87. The van der Waals surface area contributed by atoms with Crippen molar-refractivity contribution in [3.8, 4) is 0 Å². The molecule has 0 bridgehead atoms. The fourth-order valence-corrected chi connectivity index (χ4v) is 4.17. The van der Waals surface area contributed by atoms with E-state index in [-0.39, 0.29) is 18.3 Å². The lowest BCUT2D eigenvalue weighted by Crippen LogP contribution is -2.32. The summed E-state index contributed by atoms with van der Waals surface area (Å²) < 4.78 is 18.6. The van der Waals surface area contributed by atoms with Gasteiger partial charge in [-0.15, -0.1) is 11.3 Å². The molecule has 0 unspecified atom stereocenters. The van der Waals surface area contributed by atoms with E-state index >= 15 is 0 Å². The summed E-state index contributed by atoms with van der Waals surface area (Å²) >= 11 is 1.61. The topological polar surface area (TPSA) is 58.4 Å². The Morgan fingerprint density at radius 2 is 1.81 bits per heavy atom. The Morgan fingerprint density at radius 3 is 2.56 bits per heavy atom. The number of aromatic nitrogens is 1. The van der Waals surface area contributed by atoms with Gasteiger partial charge in [0.25, 0.3) is 0 Å². The van der Waals surface area contributed by atoms with E-state index in [1.165, 1.54) is 12.1 Å². The SMILES string of the molecule is O=C(CN(Cc1csc(CCc2ccc(F)cc2)n1)Cc1ccco1)Nc1ccccc1. The van der Waals surface area contributed by atoms with Crippen LogP contribution in [0.1, 0.15) is 22.0 Å². The first kappa shape index (κ1) is 21.9. The van der Waals surface area contributed by atoms with Gasteiger partial charge in [0.05, 0.1) is 30.1 Å². The zero-order valence-corrected chi connectivity index (χ0v) is 18.4. The molecular weight excluding hydrogens is 425 g/mol. The minimum atomic E-state index is -0.224. The van der Waals surface area contributed by atoms with Gasteiger partial charge in [0.2, 0.25) is 5.91 Å². The van der Waals surface area contributed by atoms with Crippen LogP contribution in [0.4, 0.5) is 10.1 Å². The summed E-state index contributed by atoms with van der Waals surface area (Å²) in [6.45, 7) is 1.27. The van der Waals surface area contributed by atoms with E-state index in [1.54, 1.807) is 29.7 Å². The Balaban J connectivity index is 1.37. The Bertz CT molecular complexity index is 1110. The van der Waals surface area contributed by atoms with Crippen molar-refractivity contribution in [3.63, 3.8) is 0 Å². The van der Waals surface area contributed by atoms with Crippen molar-refractivity contribution < 1.29 is 13.6 Å². The molecule has 4 aromatic rings. The third-order valence-electron chi connectivity index (χ3n) is 4.91. The molecule has 0 aliphatic carbocycles. The number of anilines is 1. The molecule has 0 fully saturated rings. The molecule has 0 aliphatic rings. The monoisotopic (exact) mass is 449 g/mol. The normalized spacial score (nSPS) is 11.1. The Hall–Kier alpha value is -3.29. The number of thiazole rings is 1. The fourth-order valence-electron chi connectivity index (χ4n) is 3.38. The summed E-state index contributed by atoms with van der Waals surface area (Å²) in [7, 11) is 0. The number of amides is 1. The highest BCUT2D eigenvalue weighted by atomic mass is 32.1. The predicted molar refractivity (Wildman–Crippen MR) is 124 cm³/mol. The highest BCUT2D eigenvalue weighted by Crippen LogP contribution is 2.17. The van der Waals surface area contributed by atoms with Crippen LogP contribution in [0, 0.1) is 5.82 Å². The maximum Gasteiger partial charge on any atom is 0.238 e. The van der Waals surface area contributed by atoms with Gasteiger partial charge in [-0.3, -0.25) is 9.69 Å². The van der Waals surface area contributed by atoms with Gasteiger partial charge in [0, 0.05) is 24.0 Å². The summed E-state index contributed by atoms with van der Waals surface area (Å²) in [5, 5.41) is 5.99. The molecule has 0 radical (unpaired) electrons. The van der Waals surface area contributed by atoms with Crippen molar-refractivity contribution in [2.75, 3.05) is 11.9 Å². The molecule has 1 N–H and O–H groups in total. The average Bonchev–Trinajstić information content (AvgIpc) is 3.46. The molecule has 1 amide bonds. The number of carbonyl (C=O) groups excluding carboxylic acids is 1. The summed E-state index contributed by atoms with van der Waals surface area (Å²) in [4.78, 5) is 19.4. The first-order chi connectivity index (χ1) is 15.6. The van der Waals surface area contributed by atoms with Crippen LogP contribution in [0.25, 0.3) is 0 Å². The molecule has 5 nitrogen and oxygen atoms in total. The molecule has 2 aromatic heterocycles. The van der Waals surface area contributed by atoms with Crippen LogP contribution < -0.4 is 5.32 Å². The number of rotatable bonds is 10. The second-order valence-electron chi connectivity index (χ2n) is 7.50. The van der Waals surface area contributed by atoms with Gasteiger partial charge in [0.15, 0.2) is 0 Å². The van der Waals surface area contributed by atoms with E-state index in [0.717, 1.165) is 40.6 Å². The zero-order chi connectivity index (χ0) is 22.2. The highest BCUT2D eigenvalue weighted by molar-refractivity contribution is 7.09. The first-order valence-electron chi connectivity index (χ1n) is 10.4. The smallest absolute Gasteiger partial charge is 0.238 e. The van der Waals surface area contributed by atoms with Crippen LogP contribution in [0.5, 0.6) is 0 Å². The number of nitrogens with one attached hydrogen (secondary N) is 1. The number of nitrogens with zero attached hydrogens (tertiary/aromatic N) is 2. The largest absolute Gasteiger partial charge is 0.468 e. The van der Waals surface area contributed by atoms with Gasteiger partial charge < -0.3 is 9.73 Å². The van der Waals surface area contributed by atoms with Crippen LogP contribution in [0.3, 0.4) is 0 Å². The number of hydrogen-bond acceptors (Lipinski definition) is 5. The molecule has 0 saturated carbocycles. The number of furan rings is 1. The molecule has 0 spiro atoms. The van der Waals surface area contributed by atoms with E-state index in [4.69, 9.17) is 9.40 Å². The van der Waals surface area contributed by atoms with Crippen LogP contribution in [0.15, 0.2) is 82.8 Å². The van der Waals surface area contributed by atoms with Crippen molar-refractivity contribution in [2.45, 2.75) is 25.9 Å². The molecule has 32 heavy (non-hydrogen) atoms. The highest BCUT2D eigenvalue weighted by Gasteiger charge is 2.15. The fraction of sp³-hybridized carbons (Fsp3) is 0.200. The molecule has 2 heterocycles. The van der Waals surface area contributed by atoms with E-state index in [0.29, 0.717) is 13.1 Å². The van der Waals surface area contributed by atoms with E-state index in [2.05, 4.69) is 5.32 Å². The second-order valence-corrected chi connectivity index (χ2v) is 8.44. The quantitative estimate of drug-likeness (QED) is 0.357. The number of para-hydroxylation sites is 1. The van der Waals surface area contributed by atoms with Gasteiger partial charge in [-0.25, -0.2) is 9.37 Å². The first-order valence-corrected chi connectivity index (χ1v) is 11.3. The Kier molecular flexibility index (Phi) is 7.42. The molecule has 4 rings (SSSR count). The van der Waals surface area contributed by atoms with E-state index in [9.17, 15) is 9.18 Å². The van der Waals surface area contributed by atoms with Crippen molar-refractivity contribution in [2.24, 2.45) is 0 Å². The van der Waals surface area contributed by atoms with Crippen LogP contribution in [0.2, 0.25) is 0 Å². The molecule has 7 heteroatoms.